The Bertz CT molecular complexity index is 581. The van der Waals surface area contributed by atoms with Gasteiger partial charge in [0.15, 0.2) is 0 Å². The van der Waals surface area contributed by atoms with E-state index in [1.165, 1.54) is 0 Å². The Balaban J connectivity index is 2.45. The minimum Gasteiger partial charge on any atom is -0.496 e. The Morgan fingerprint density at radius 3 is 2.32 bits per heavy atom. The molecular weight excluding hydrogens is 391 g/mol. The fourth-order valence-electron chi connectivity index (χ4n) is 1.86. The molecule has 0 aliphatic rings. The molecule has 0 bridgehead atoms. The largest absolute Gasteiger partial charge is 0.496 e. The van der Waals surface area contributed by atoms with E-state index in [9.17, 15) is 0 Å². The summed E-state index contributed by atoms with van der Waals surface area (Å²) in [4.78, 5) is 0. The molecule has 4 heteroatoms. The SMILES string of the molecule is COc1cc(C)c(Br)cc1C(Cl)c1ccc(Br)cc1. The van der Waals surface area contributed by atoms with Gasteiger partial charge in [-0.05, 0) is 42.3 Å². The quantitative estimate of drug-likeness (QED) is 0.583. The normalized spacial score (nSPS) is 12.3. The fraction of sp³-hybridized carbons (Fsp3) is 0.200. The van der Waals surface area contributed by atoms with Crippen LogP contribution in [0.15, 0.2) is 45.3 Å². The van der Waals surface area contributed by atoms with Crippen molar-refractivity contribution in [3.63, 3.8) is 0 Å². The van der Waals surface area contributed by atoms with E-state index < -0.39 is 0 Å². The molecule has 0 amide bonds. The smallest absolute Gasteiger partial charge is 0.124 e. The number of benzene rings is 2. The number of rotatable bonds is 3. The number of hydrogen-bond donors (Lipinski definition) is 0. The van der Waals surface area contributed by atoms with E-state index >= 15 is 0 Å². The molecule has 2 aromatic carbocycles. The van der Waals surface area contributed by atoms with Gasteiger partial charge in [-0.1, -0.05) is 44.0 Å². The van der Waals surface area contributed by atoms with Crippen LogP contribution in [0.25, 0.3) is 0 Å². The highest BCUT2D eigenvalue weighted by Gasteiger charge is 2.17. The van der Waals surface area contributed by atoms with Crippen LogP contribution in [0.3, 0.4) is 0 Å². The van der Waals surface area contributed by atoms with Gasteiger partial charge in [-0.3, -0.25) is 0 Å². The third kappa shape index (κ3) is 3.33. The highest BCUT2D eigenvalue weighted by atomic mass is 79.9. The van der Waals surface area contributed by atoms with Gasteiger partial charge < -0.3 is 4.74 Å². The Labute approximate surface area is 135 Å². The number of halogens is 3. The van der Waals surface area contributed by atoms with E-state index in [1.807, 2.05) is 43.3 Å². The van der Waals surface area contributed by atoms with Crippen LogP contribution in [0.4, 0.5) is 0 Å². The topological polar surface area (TPSA) is 9.23 Å². The van der Waals surface area contributed by atoms with Crippen LogP contribution >= 0.6 is 43.5 Å². The van der Waals surface area contributed by atoms with Crippen LogP contribution < -0.4 is 4.74 Å². The standard InChI is InChI=1S/C15H13Br2ClO/c1-9-7-14(19-2)12(8-13(9)17)15(18)10-3-5-11(16)6-4-10/h3-8,15H,1-2H3. The lowest BCUT2D eigenvalue weighted by Gasteiger charge is -2.16. The molecule has 0 fully saturated rings. The second-order valence-corrected chi connectivity index (χ2v) is 6.46. The summed E-state index contributed by atoms with van der Waals surface area (Å²) in [6.07, 6.45) is 0. The Morgan fingerprint density at radius 1 is 1.11 bits per heavy atom. The third-order valence-corrected chi connectivity index (χ3v) is 4.82. The molecule has 0 aromatic heterocycles. The van der Waals surface area contributed by atoms with Gasteiger partial charge in [0.05, 0.1) is 12.5 Å². The van der Waals surface area contributed by atoms with E-state index in [-0.39, 0.29) is 5.38 Å². The molecule has 1 unspecified atom stereocenters. The van der Waals surface area contributed by atoms with Gasteiger partial charge in [0.2, 0.25) is 0 Å². The second kappa shape index (κ2) is 6.29. The molecule has 19 heavy (non-hydrogen) atoms. The number of methoxy groups -OCH3 is 1. The first-order valence-corrected chi connectivity index (χ1v) is 7.78. The lowest BCUT2D eigenvalue weighted by Crippen LogP contribution is -1.98. The second-order valence-electron chi connectivity index (χ2n) is 4.26. The lowest BCUT2D eigenvalue weighted by atomic mass is 10.0. The number of alkyl halides is 1. The highest BCUT2D eigenvalue weighted by molar-refractivity contribution is 9.10. The van der Waals surface area contributed by atoms with Crippen molar-refractivity contribution in [3.05, 3.63) is 62.0 Å². The monoisotopic (exact) mass is 402 g/mol. The number of hydrogen-bond acceptors (Lipinski definition) is 1. The van der Waals surface area contributed by atoms with Gasteiger partial charge in [-0.2, -0.15) is 0 Å². The minimum absolute atomic E-state index is 0.236. The van der Waals surface area contributed by atoms with Crippen LogP contribution in [-0.2, 0) is 0 Å². The first-order valence-electron chi connectivity index (χ1n) is 5.76. The zero-order valence-corrected chi connectivity index (χ0v) is 14.5. The van der Waals surface area contributed by atoms with Crippen LogP contribution in [0, 0.1) is 6.92 Å². The molecule has 1 atom stereocenters. The summed E-state index contributed by atoms with van der Waals surface area (Å²) in [7, 11) is 1.66. The first-order chi connectivity index (χ1) is 9.02. The highest BCUT2D eigenvalue weighted by Crippen LogP contribution is 2.38. The predicted octanol–water partition coefficient (Wildman–Crippen LogP) is 5.86. The van der Waals surface area contributed by atoms with Gasteiger partial charge in [-0.25, -0.2) is 0 Å². The summed E-state index contributed by atoms with van der Waals surface area (Å²) in [6.45, 7) is 2.03. The van der Waals surface area contributed by atoms with Gasteiger partial charge in [-0.15, -0.1) is 11.6 Å². The average molecular weight is 405 g/mol. The van der Waals surface area contributed by atoms with E-state index in [4.69, 9.17) is 16.3 Å². The lowest BCUT2D eigenvalue weighted by molar-refractivity contribution is 0.409. The van der Waals surface area contributed by atoms with Crippen molar-refractivity contribution in [3.8, 4) is 5.75 Å². The van der Waals surface area contributed by atoms with Crippen molar-refractivity contribution in [1.82, 2.24) is 0 Å². The first kappa shape index (κ1) is 14.9. The van der Waals surface area contributed by atoms with Crippen LogP contribution in [0.1, 0.15) is 22.1 Å². The Morgan fingerprint density at radius 2 is 1.74 bits per heavy atom. The Hall–Kier alpha value is -0.510. The zero-order chi connectivity index (χ0) is 14.0. The molecule has 2 rings (SSSR count). The van der Waals surface area contributed by atoms with E-state index in [0.717, 1.165) is 31.4 Å². The summed E-state index contributed by atoms with van der Waals surface area (Å²) in [5.41, 5.74) is 3.13. The molecule has 0 saturated carbocycles. The molecule has 0 aliphatic carbocycles. The average Bonchev–Trinajstić information content (AvgIpc) is 2.41. The molecule has 2 aromatic rings. The summed E-state index contributed by atoms with van der Waals surface area (Å²) in [6, 6.07) is 12.0. The minimum atomic E-state index is -0.236. The molecule has 0 radical (unpaired) electrons. The number of aryl methyl sites for hydroxylation is 1. The fourth-order valence-corrected chi connectivity index (χ4v) is 2.80. The van der Waals surface area contributed by atoms with Gasteiger partial charge >= 0.3 is 0 Å². The maximum Gasteiger partial charge on any atom is 0.124 e. The van der Waals surface area contributed by atoms with Crippen molar-refractivity contribution < 1.29 is 4.74 Å². The van der Waals surface area contributed by atoms with Gasteiger partial charge in [0, 0.05) is 14.5 Å². The van der Waals surface area contributed by atoms with Crippen LogP contribution in [-0.4, -0.2) is 7.11 Å². The Kier molecular flexibility index (Phi) is 4.93. The zero-order valence-electron chi connectivity index (χ0n) is 10.6. The van der Waals surface area contributed by atoms with E-state index in [2.05, 4.69) is 31.9 Å². The van der Waals surface area contributed by atoms with Gasteiger partial charge in [0.1, 0.15) is 5.75 Å². The maximum absolute atomic E-state index is 6.58. The summed E-state index contributed by atoms with van der Waals surface area (Å²) >= 11 is 13.5. The summed E-state index contributed by atoms with van der Waals surface area (Å²) in [5.74, 6) is 0.809. The molecule has 100 valence electrons. The molecule has 1 nitrogen and oxygen atoms in total. The van der Waals surface area contributed by atoms with Crippen LogP contribution in [0.5, 0.6) is 5.75 Å². The van der Waals surface area contributed by atoms with Crippen LogP contribution in [0.2, 0.25) is 0 Å². The number of ether oxygens (including phenoxy) is 1. The molecule has 0 aliphatic heterocycles. The predicted molar refractivity (Wildman–Crippen MR) is 87.3 cm³/mol. The molecular formula is C15H13Br2ClO. The summed E-state index contributed by atoms with van der Waals surface area (Å²) < 4.78 is 7.51. The molecule has 0 spiro atoms. The van der Waals surface area contributed by atoms with Crippen molar-refractivity contribution in [2.45, 2.75) is 12.3 Å². The van der Waals surface area contributed by atoms with Crippen molar-refractivity contribution in [2.24, 2.45) is 0 Å². The third-order valence-electron chi connectivity index (χ3n) is 2.95. The maximum atomic E-state index is 6.58. The van der Waals surface area contributed by atoms with E-state index in [0.29, 0.717) is 0 Å². The molecule has 0 saturated heterocycles. The van der Waals surface area contributed by atoms with Crippen molar-refractivity contribution in [2.75, 3.05) is 7.11 Å². The van der Waals surface area contributed by atoms with Crippen molar-refractivity contribution in [1.29, 1.82) is 0 Å². The molecule has 0 heterocycles. The molecule has 0 N–H and O–H groups in total. The van der Waals surface area contributed by atoms with Crippen molar-refractivity contribution >= 4 is 43.5 Å². The van der Waals surface area contributed by atoms with E-state index in [1.54, 1.807) is 7.11 Å². The van der Waals surface area contributed by atoms with Gasteiger partial charge in [0.25, 0.3) is 0 Å². The summed E-state index contributed by atoms with van der Waals surface area (Å²) in [5, 5.41) is -0.236.